The molecule has 0 unspecified atom stereocenters. The summed E-state index contributed by atoms with van der Waals surface area (Å²) in [5.41, 5.74) is 4.82. The lowest BCUT2D eigenvalue weighted by atomic mass is 10.1. The van der Waals surface area contributed by atoms with Crippen LogP contribution in [0.4, 0.5) is 18.9 Å². The van der Waals surface area contributed by atoms with Crippen molar-refractivity contribution >= 4 is 5.69 Å². The summed E-state index contributed by atoms with van der Waals surface area (Å²) in [6, 6.07) is 7.65. The smallest absolute Gasteiger partial charge is 0.192 e. The summed E-state index contributed by atoms with van der Waals surface area (Å²) in [5, 5.41) is 8.02. The Morgan fingerprint density at radius 1 is 1.00 bits per heavy atom. The van der Waals surface area contributed by atoms with Gasteiger partial charge in [-0.2, -0.15) is 0 Å². The quantitative estimate of drug-likeness (QED) is 0.717. The van der Waals surface area contributed by atoms with Gasteiger partial charge in [-0.1, -0.05) is 6.07 Å². The van der Waals surface area contributed by atoms with Crippen LogP contribution in [0, 0.1) is 17.5 Å². The zero-order chi connectivity index (χ0) is 19.1. The fourth-order valence-electron chi connectivity index (χ4n) is 2.68. The molecule has 2 aromatic carbocycles. The van der Waals surface area contributed by atoms with E-state index in [-0.39, 0.29) is 22.9 Å². The molecule has 0 saturated heterocycles. The molecule has 0 aliphatic rings. The van der Waals surface area contributed by atoms with Gasteiger partial charge in [-0.25, -0.2) is 13.2 Å². The van der Waals surface area contributed by atoms with E-state index in [1.165, 1.54) is 22.8 Å². The Bertz CT molecular complexity index is 949. The highest BCUT2D eigenvalue weighted by Gasteiger charge is 2.32. The number of ether oxygens (including phenoxy) is 1. The van der Waals surface area contributed by atoms with E-state index < -0.39 is 28.8 Å². The lowest BCUT2D eigenvalue weighted by Gasteiger charge is -2.26. The van der Waals surface area contributed by atoms with Crippen molar-refractivity contribution in [1.82, 2.24) is 14.8 Å². The minimum atomic E-state index is -1.23. The van der Waals surface area contributed by atoms with E-state index in [2.05, 4.69) is 10.2 Å². The molecule has 0 aliphatic heterocycles. The molecule has 3 rings (SSSR count). The number of halogens is 3. The van der Waals surface area contributed by atoms with Crippen molar-refractivity contribution in [3.05, 3.63) is 59.7 Å². The Kier molecular flexibility index (Phi) is 4.35. The summed E-state index contributed by atoms with van der Waals surface area (Å²) >= 11 is 0. The maximum absolute atomic E-state index is 14.2. The fourth-order valence-corrected chi connectivity index (χ4v) is 2.68. The second-order valence-corrected chi connectivity index (χ2v) is 6.31. The van der Waals surface area contributed by atoms with Crippen LogP contribution in [-0.2, 0) is 12.6 Å². The zero-order valence-electron chi connectivity index (χ0n) is 14.4. The van der Waals surface area contributed by atoms with E-state index in [4.69, 9.17) is 10.5 Å². The number of aromatic nitrogens is 3. The van der Waals surface area contributed by atoms with Gasteiger partial charge in [0.25, 0.3) is 0 Å². The molecule has 136 valence electrons. The standard InChI is InChI=1S/C18H17F3N4O/c1-18(2,26-15-12(19)5-4-6-13(15)20)17-24-23-16(25(17)3)11-8-7-10(22)9-14(11)21/h4-9H,22H2,1-3H3. The molecule has 0 amide bonds. The predicted octanol–water partition coefficient (Wildman–Crippen LogP) is 3.80. The third-order valence-corrected chi connectivity index (χ3v) is 3.92. The molecule has 0 radical (unpaired) electrons. The van der Waals surface area contributed by atoms with E-state index in [1.54, 1.807) is 27.0 Å². The maximum Gasteiger partial charge on any atom is 0.192 e. The minimum Gasteiger partial charge on any atom is -0.474 e. The zero-order valence-corrected chi connectivity index (χ0v) is 14.4. The molecule has 1 aromatic heterocycles. The molecule has 0 fully saturated rings. The average Bonchev–Trinajstić information content (AvgIpc) is 2.94. The van der Waals surface area contributed by atoms with Gasteiger partial charge in [0.2, 0.25) is 0 Å². The first-order chi connectivity index (χ1) is 12.2. The highest BCUT2D eigenvalue weighted by molar-refractivity contribution is 5.60. The SMILES string of the molecule is Cn1c(-c2ccc(N)cc2F)nnc1C(C)(C)Oc1c(F)cccc1F. The Labute approximate surface area is 148 Å². The van der Waals surface area contributed by atoms with Crippen LogP contribution in [0.25, 0.3) is 11.4 Å². The molecule has 8 heteroatoms. The molecule has 2 N–H and O–H groups in total. The number of nitrogens with zero attached hydrogens (tertiary/aromatic N) is 3. The van der Waals surface area contributed by atoms with Crippen molar-refractivity contribution in [2.75, 3.05) is 5.73 Å². The molecule has 0 atom stereocenters. The van der Waals surface area contributed by atoms with Crippen molar-refractivity contribution in [3.8, 4) is 17.1 Å². The topological polar surface area (TPSA) is 66.0 Å². The number of benzene rings is 2. The van der Waals surface area contributed by atoms with Crippen molar-refractivity contribution in [2.24, 2.45) is 7.05 Å². The highest BCUT2D eigenvalue weighted by atomic mass is 19.1. The first kappa shape index (κ1) is 17.8. The minimum absolute atomic E-state index is 0.202. The molecular formula is C18H17F3N4O. The molecule has 0 spiro atoms. The molecule has 1 heterocycles. The van der Waals surface area contributed by atoms with Crippen molar-refractivity contribution in [1.29, 1.82) is 0 Å². The van der Waals surface area contributed by atoms with Gasteiger partial charge < -0.3 is 15.0 Å². The average molecular weight is 362 g/mol. The van der Waals surface area contributed by atoms with Gasteiger partial charge >= 0.3 is 0 Å². The molecule has 26 heavy (non-hydrogen) atoms. The summed E-state index contributed by atoms with van der Waals surface area (Å²) < 4.78 is 49.0. The van der Waals surface area contributed by atoms with E-state index in [0.717, 1.165) is 12.1 Å². The van der Waals surface area contributed by atoms with Gasteiger partial charge in [-0.15, -0.1) is 10.2 Å². The summed E-state index contributed by atoms with van der Waals surface area (Å²) in [7, 11) is 1.61. The molecule has 5 nitrogen and oxygen atoms in total. The van der Waals surface area contributed by atoms with Crippen LogP contribution in [0.5, 0.6) is 5.75 Å². The molecule has 0 saturated carbocycles. The van der Waals surface area contributed by atoms with Crippen LogP contribution in [0.2, 0.25) is 0 Å². The van der Waals surface area contributed by atoms with Crippen molar-refractivity contribution in [3.63, 3.8) is 0 Å². The molecule has 0 aliphatic carbocycles. The van der Waals surface area contributed by atoms with E-state index in [9.17, 15) is 13.2 Å². The van der Waals surface area contributed by atoms with E-state index >= 15 is 0 Å². The van der Waals surface area contributed by atoms with Gasteiger partial charge in [0.1, 0.15) is 5.82 Å². The van der Waals surface area contributed by atoms with Crippen LogP contribution in [0.3, 0.4) is 0 Å². The van der Waals surface area contributed by atoms with Gasteiger partial charge in [-0.05, 0) is 44.2 Å². The first-order valence-corrected chi connectivity index (χ1v) is 7.79. The number of hydrogen-bond acceptors (Lipinski definition) is 4. The van der Waals surface area contributed by atoms with Crippen LogP contribution < -0.4 is 10.5 Å². The largest absolute Gasteiger partial charge is 0.474 e. The van der Waals surface area contributed by atoms with Gasteiger partial charge in [0.05, 0.1) is 5.56 Å². The van der Waals surface area contributed by atoms with Crippen LogP contribution in [-0.4, -0.2) is 14.8 Å². The molecule has 0 bridgehead atoms. The molecule has 3 aromatic rings. The van der Waals surface area contributed by atoms with Crippen LogP contribution in [0.15, 0.2) is 36.4 Å². The second-order valence-electron chi connectivity index (χ2n) is 6.31. The fraction of sp³-hybridized carbons (Fsp3) is 0.222. The van der Waals surface area contributed by atoms with Crippen molar-refractivity contribution < 1.29 is 17.9 Å². The lowest BCUT2D eigenvalue weighted by Crippen LogP contribution is -2.30. The van der Waals surface area contributed by atoms with Gasteiger partial charge in [0, 0.05) is 12.7 Å². The third kappa shape index (κ3) is 3.10. The number of anilines is 1. The van der Waals surface area contributed by atoms with Crippen LogP contribution in [0.1, 0.15) is 19.7 Å². The maximum atomic E-state index is 14.2. The number of nitrogen functional groups attached to an aromatic ring is 1. The Morgan fingerprint density at radius 3 is 2.27 bits per heavy atom. The Morgan fingerprint density at radius 2 is 1.65 bits per heavy atom. The van der Waals surface area contributed by atoms with Gasteiger partial charge in [0.15, 0.2) is 34.6 Å². The third-order valence-electron chi connectivity index (χ3n) is 3.92. The summed E-state index contributed by atoms with van der Waals surface area (Å²) in [6.45, 7) is 3.18. The van der Waals surface area contributed by atoms with E-state index in [1.807, 2.05) is 0 Å². The van der Waals surface area contributed by atoms with Gasteiger partial charge in [-0.3, -0.25) is 0 Å². The summed E-state index contributed by atoms with van der Waals surface area (Å²) in [4.78, 5) is 0. The lowest BCUT2D eigenvalue weighted by molar-refractivity contribution is 0.0836. The number of nitrogens with two attached hydrogens (primary N) is 1. The van der Waals surface area contributed by atoms with Crippen molar-refractivity contribution in [2.45, 2.75) is 19.4 Å². The van der Waals surface area contributed by atoms with Crippen LogP contribution >= 0.6 is 0 Å². The second kappa shape index (κ2) is 6.36. The number of rotatable bonds is 4. The Balaban J connectivity index is 2.00. The highest BCUT2D eigenvalue weighted by Crippen LogP contribution is 2.32. The first-order valence-electron chi connectivity index (χ1n) is 7.79. The number of para-hydroxylation sites is 1. The predicted molar refractivity (Wildman–Crippen MR) is 90.8 cm³/mol. The molecular weight excluding hydrogens is 345 g/mol. The summed E-state index contributed by atoms with van der Waals surface area (Å²) in [6.07, 6.45) is 0. The summed E-state index contributed by atoms with van der Waals surface area (Å²) in [5.74, 6) is -2.21. The Hall–Kier alpha value is -3.03. The van der Waals surface area contributed by atoms with E-state index in [0.29, 0.717) is 0 Å². The normalized spacial score (nSPS) is 11.6. The number of hydrogen-bond donors (Lipinski definition) is 1. The monoisotopic (exact) mass is 362 g/mol.